The lowest BCUT2D eigenvalue weighted by molar-refractivity contribution is -0.132. The molecule has 1 rings (SSSR count). The van der Waals surface area contributed by atoms with Crippen LogP contribution in [0.25, 0.3) is 0 Å². The fourth-order valence-electron chi connectivity index (χ4n) is 2.26. The molecule has 0 atom stereocenters. The maximum absolute atomic E-state index is 11.8. The van der Waals surface area contributed by atoms with Gasteiger partial charge in [-0.25, -0.2) is 0 Å². The van der Waals surface area contributed by atoms with Gasteiger partial charge < -0.3 is 10.6 Å². The Labute approximate surface area is 93.0 Å². The van der Waals surface area contributed by atoms with Crippen LogP contribution in [0.4, 0.5) is 0 Å². The van der Waals surface area contributed by atoms with Gasteiger partial charge in [-0.3, -0.25) is 4.79 Å². The van der Waals surface area contributed by atoms with E-state index in [0.717, 1.165) is 12.3 Å². The third kappa shape index (κ3) is 3.82. The minimum atomic E-state index is 0.264. The number of hydrogen-bond donors (Lipinski definition) is 1. The molecule has 2 N–H and O–H groups in total. The van der Waals surface area contributed by atoms with Gasteiger partial charge in [-0.1, -0.05) is 6.92 Å². The van der Waals surface area contributed by atoms with Crippen molar-refractivity contribution in [3.05, 3.63) is 0 Å². The third-order valence-corrected chi connectivity index (χ3v) is 3.52. The Morgan fingerprint density at radius 3 is 2.47 bits per heavy atom. The molecule has 0 bridgehead atoms. The minimum absolute atomic E-state index is 0.264. The summed E-state index contributed by atoms with van der Waals surface area (Å²) >= 11 is 0. The monoisotopic (exact) mass is 212 g/mol. The van der Waals surface area contributed by atoms with Crippen LogP contribution >= 0.6 is 0 Å². The Hall–Kier alpha value is -0.570. The summed E-state index contributed by atoms with van der Waals surface area (Å²) in [7, 11) is 1.94. The van der Waals surface area contributed by atoms with Crippen molar-refractivity contribution in [2.75, 3.05) is 13.6 Å². The maximum Gasteiger partial charge on any atom is 0.222 e. The van der Waals surface area contributed by atoms with Gasteiger partial charge in [0.1, 0.15) is 0 Å². The molecular weight excluding hydrogens is 188 g/mol. The average molecular weight is 212 g/mol. The first-order valence-electron chi connectivity index (χ1n) is 6.11. The molecule has 0 saturated heterocycles. The van der Waals surface area contributed by atoms with Crippen molar-refractivity contribution in [3.63, 3.8) is 0 Å². The summed E-state index contributed by atoms with van der Waals surface area (Å²) in [5.74, 6) is 1.11. The van der Waals surface area contributed by atoms with Gasteiger partial charge in [-0.05, 0) is 44.6 Å². The van der Waals surface area contributed by atoms with E-state index in [4.69, 9.17) is 5.73 Å². The maximum atomic E-state index is 11.8. The van der Waals surface area contributed by atoms with Crippen molar-refractivity contribution >= 4 is 5.91 Å². The van der Waals surface area contributed by atoms with Gasteiger partial charge in [0.25, 0.3) is 0 Å². The van der Waals surface area contributed by atoms with E-state index < -0.39 is 0 Å². The largest absolute Gasteiger partial charge is 0.343 e. The number of hydrogen-bond acceptors (Lipinski definition) is 2. The molecule has 3 nitrogen and oxygen atoms in total. The quantitative estimate of drug-likeness (QED) is 0.772. The number of amides is 1. The van der Waals surface area contributed by atoms with Crippen LogP contribution in [0, 0.1) is 5.92 Å². The van der Waals surface area contributed by atoms with Gasteiger partial charge in [-0.15, -0.1) is 0 Å². The summed E-state index contributed by atoms with van der Waals surface area (Å²) in [5.41, 5.74) is 5.40. The zero-order valence-corrected chi connectivity index (χ0v) is 10.0. The summed E-state index contributed by atoms with van der Waals surface area (Å²) in [6, 6.07) is 0.478. The van der Waals surface area contributed by atoms with Gasteiger partial charge >= 0.3 is 0 Å². The second-order valence-corrected chi connectivity index (χ2v) is 4.81. The van der Waals surface area contributed by atoms with Crippen LogP contribution in [-0.2, 0) is 4.79 Å². The van der Waals surface area contributed by atoms with Crippen LogP contribution in [0.3, 0.4) is 0 Å². The second kappa shape index (κ2) is 6.11. The predicted molar refractivity (Wildman–Crippen MR) is 62.5 cm³/mol. The normalized spacial score (nSPS) is 26.3. The zero-order chi connectivity index (χ0) is 11.3. The lowest BCUT2D eigenvalue weighted by Crippen LogP contribution is -2.39. The van der Waals surface area contributed by atoms with Crippen molar-refractivity contribution in [3.8, 4) is 0 Å². The van der Waals surface area contributed by atoms with E-state index in [2.05, 4.69) is 6.92 Å². The molecule has 1 aliphatic rings. The number of carbonyl (C=O) groups excluding carboxylic acids is 1. The fourth-order valence-corrected chi connectivity index (χ4v) is 2.26. The standard InChI is InChI=1S/C12H24N2O/c1-10-5-7-11(8-6-10)14(2)12(15)4-3-9-13/h10-11H,3-9,13H2,1-2H3. The summed E-state index contributed by atoms with van der Waals surface area (Å²) < 4.78 is 0. The molecule has 15 heavy (non-hydrogen) atoms. The van der Waals surface area contributed by atoms with E-state index in [-0.39, 0.29) is 5.91 Å². The minimum Gasteiger partial charge on any atom is -0.343 e. The number of rotatable bonds is 4. The summed E-state index contributed by atoms with van der Waals surface area (Å²) in [5, 5.41) is 0. The second-order valence-electron chi connectivity index (χ2n) is 4.81. The number of nitrogens with zero attached hydrogens (tertiary/aromatic N) is 1. The first-order valence-corrected chi connectivity index (χ1v) is 6.11. The first kappa shape index (κ1) is 12.5. The Morgan fingerprint density at radius 1 is 1.33 bits per heavy atom. The molecule has 1 fully saturated rings. The molecule has 0 aromatic heterocycles. The summed E-state index contributed by atoms with van der Waals surface area (Å²) in [4.78, 5) is 13.7. The van der Waals surface area contributed by atoms with Crippen LogP contribution < -0.4 is 5.73 Å². The van der Waals surface area contributed by atoms with Crippen molar-refractivity contribution < 1.29 is 4.79 Å². The molecule has 1 saturated carbocycles. The van der Waals surface area contributed by atoms with Crippen molar-refractivity contribution in [1.82, 2.24) is 4.90 Å². The van der Waals surface area contributed by atoms with E-state index in [9.17, 15) is 4.79 Å². The molecule has 3 heteroatoms. The first-order chi connectivity index (χ1) is 7.15. The Balaban J connectivity index is 2.32. The highest BCUT2D eigenvalue weighted by Crippen LogP contribution is 2.26. The van der Waals surface area contributed by atoms with E-state index >= 15 is 0 Å². The predicted octanol–water partition coefficient (Wildman–Crippen LogP) is 1.76. The summed E-state index contributed by atoms with van der Waals surface area (Å²) in [6.07, 6.45) is 6.29. The molecule has 0 aliphatic heterocycles. The molecule has 1 aliphatic carbocycles. The lowest BCUT2D eigenvalue weighted by atomic mass is 9.86. The highest BCUT2D eigenvalue weighted by Gasteiger charge is 2.24. The van der Waals surface area contributed by atoms with Crippen molar-refractivity contribution in [2.24, 2.45) is 11.7 Å². The smallest absolute Gasteiger partial charge is 0.222 e. The van der Waals surface area contributed by atoms with E-state index in [0.29, 0.717) is 19.0 Å². The molecule has 88 valence electrons. The van der Waals surface area contributed by atoms with Gasteiger partial charge in [0.05, 0.1) is 0 Å². The van der Waals surface area contributed by atoms with E-state index in [1.807, 2.05) is 11.9 Å². The molecule has 0 heterocycles. The van der Waals surface area contributed by atoms with Gasteiger partial charge in [0.15, 0.2) is 0 Å². The third-order valence-electron chi connectivity index (χ3n) is 3.52. The molecule has 0 unspecified atom stereocenters. The molecular formula is C12H24N2O. The number of nitrogens with two attached hydrogens (primary N) is 1. The van der Waals surface area contributed by atoms with Crippen molar-refractivity contribution in [1.29, 1.82) is 0 Å². The number of carbonyl (C=O) groups is 1. The van der Waals surface area contributed by atoms with Crippen LogP contribution in [-0.4, -0.2) is 30.4 Å². The molecule has 0 aromatic rings. The Bertz CT molecular complexity index is 198. The van der Waals surface area contributed by atoms with Crippen LogP contribution in [0.5, 0.6) is 0 Å². The molecule has 0 aromatic carbocycles. The molecule has 0 spiro atoms. The topological polar surface area (TPSA) is 46.3 Å². The SMILES string of the molecule is CC1CCC(N(C)C(=O)CCCN)CC1. The fraction of sp³-hybridized carbons (Fsp3) is 0.917. The highest BCUT2D eigenvalue weighted by molar-refractivity contribution is 5.76. The molecule has 0 radical (unpaired) electrons. The Kier molecular flexibility index (Phi) is 5.09. The van der Waals surface area contributed by atoms with Gasteiger partial charge in [0, 0.05) is 19.5 Å². The van der Waals surface area contributed by atoms with Gasteiger partial charge in [-0.2, -0.15) is 0 Å². The van der Waals surface area contributed by atoms with Gasteiger partial charge in [0.2, 0.25) is 5.91 Å². The Morgan fingerprint density at radius 2 is 1.93 bits per heavy atom. The molecule has 1 amide bonds. The van der Waals surface area contributed by atoms with Crippen LogP contribution in [0.15, 0.2) is 0 Å². The van der Waals surface area contributed by atoms with Crippen LogP contribution in [0.2, 0.25) is 0 Å². The summed E-state index contributed by atoms with van der Waals surface area (Å²) in [6.45, 7) is 2.91. The van der Waals surface area contributed by atoms with Crippen LogP contribution in [0.1, 0.15) is 45.4 Å². The van der Waals surface area contributed by atoms with E-state index in [1.165, 1.54) is 25.7 Å². The van der Waals surface area contributed by atoms with Crippen molar-refractivity contribution in [2.45, 2.75) is 51.5 Å². The lowest BCUT2D eigenvalue weighted by Gasteiger charge is -2.33. The van der Waals surface area contributed by atoms with E-state index in [1.54, 1.807) is 0 Å². The highest BCUT2D eigenvalue weighted by atomic mass is 16.2. The zero-order valence-electron chi connectivity index (χ0n) is 10.0. The average Bonchev–Trinajstić information content (AvgIpc) is 2.26.